The van der Waals surface area contributed by atoms with Gasteiger partial charge in [-0.3, -0.25) is 4.79 Å². The molecule has 0 aliphatic rings. The first kappa shape index (κ1) is 17.2. The van der Waals surface area contributed by atoms with Gasteiger partial charge < -0.3 is 10.6 Å². The second kappa shape index (κ2) is 7.62. The molecule has 2 atom stereocenters. The van der Waals surface area contributed by atoms with Crippen LogP contribution in [0.2, 0.25) is 5.02 Å². The van der Waals surface area contributed by atoms with Crippen molar-refractivity contribution in [2.24, 2.45) is 11.7 Å². The molecule has 0 saturated carbocycles. The quantitative estimate of drug-likeness (QED) is 0.927. The normalized spacial score (nSPS) is 13.4. The fourth-order valence-corrected chi connectivity index (χ4v) is 1.83. The van der Waals surface area contributed by atoms with Crippen LogP contribution in [0.5, 0.6) is 0 Å². The zero-order chi connectivity index (χ0) is 13.0. The Hall–Kier alpha value is -0.770. The predicted octanol–water partition coefficient (Wildman–Crippen LogP) is 2.88. The average molecular weight is 291 g/mol. The highest BCUT2D eigenvalue weighted by Crippen LogP contribution is 2.22. The number of carbonyl (C=O) groups excluding carboxylic acids is 1. The van der Waals surface area contributed by atoms with Crippen LogP contribution in [-0.4, -0.2) is 24.4 Å². The van der Waals surface area contributed by atoms with Gasteiger partial charge in [0.25, 0.3) is 0 Å². The lowest BCUT2D eigenvalue weighted by molar-refractivity contribution is -0.135. The molecule has 0 fully saturated rings. The highest BCUT2D eigenvalue weighted by molar-refractivity contribution is 6.30. The third-order valence-electron chi connectivity index (χ3n) is 3.03. The number of nitrogens with zero attached hydrogens (tertiary/aromatic N) is 1. The molecule has 102 valence electrons. The lowest BCUT2D eigenvalue weighted by atomic mass is 10.1. The van der Waals surface area contributed by atoms with E-state index in [2.05, 4.69) is 0 Å². The van der Waals surface area contributed by atoms with E-state index in [1.54, 1.807) is 11.9 Å². The monoisotopic (exact) mass is 290 g/mol. The highest BCUT2D eigenvalue weighted by atomic mass is 35.5. The molecule has 0 saturated heterocycles. The van der Waals surface area contributed by atoms with Crippen molar-refractivity contribution in [2.45, 2.75) is 19.9 Å². The van der Waals surface area contributed by atoms with Gasteiger partial charge in [0.2, 0.25) is 5.91 Å². The third-order valence-corrected chi connectivity index (χ3v) is 3.27. The van der Waals surface area contributed by atoms with E-state index in [1.807, 2.05) is 38.1 Å². The number of amides is 1. The average Bonchev–Trinajstić information content (AvgIpc) is 2.35. The number of hydrogen-bond donors (Lipinski definition) is 1. The van der Waals surface area contributed by atoms with Crippen molar-refractivity contribution >= 4 is 29.9 Å². The number of carbonyl (C=O) groups is 1. The van der Waals surface area contributed by atoms with Gasteiger partial charge in [-0.1, -0.05) is 30.7 Å². The van der Waals surface area contributed by atoms with Crippen LogP contribution in [0.4, 0.5) is 0 Å². The van der Waals surface area contributed by atoms with Crippen LogP contribution < -0.4 is 5.73 Å². The van der Waals surface area contributed by atoms with E-state index in [-0.39, 0.29) is 30.3 Å². The van der Waals surface area contributed by atoms with Gasteiger partial charge in [0, 0.05) is 24.5 Å². The van der Waals surface area contributed by atoms with Crippen LogP contribution in [-0.2, 0) is 4.79 Å². The Kier molecular flexibility index (Phi) is 7.29. The molecule has 1 aromatic rings. The molecule has 1 aromatic carbocycles. The van der Waals surface area contributed by atoms with Crippen LogP contribution >= 0.6 is 24.0 Å². The summed E-state index contributed by atoms with van der Waals surface area (Å²) in [5, 5.41) is 0.682. The molecule has 1 rings (SSSR count). The first-order valence-corrected chi connectivity index (χ1v) is 6.07. The fourth-order valence-electron chi connectivity index (χ4n) is 1.63. The molecule has 3 nitrogen and oxygen atoms in total. The van der Waals surface area contributed by atoms with Crippen molar-refractivity contribution in [2.75, 3.05) is 13.6 Å². The number of nitrogens with two attached hydrogens (primary N) is 1. The van der Waals surface area contributed by atoms with Gasteiger partial charge in [-0.05, 0) is 24.6 Å². The Bertz CT molecular complexity index is 398. The van der Waals surface area contributed by atoms with Gasteiger partial charge in [-0.2, -0.15) is 0 Å². The molecule has 0 bridgehead atoms. The Morgan fingerprint density at radius 1 is 1.44 bits per heavy atom. The van der Waals surface area contributed by atoms with Crippen molar-refractivity contribution in [1.29, 1.82) is 0 Å². The Balaban J connectivity index is 0.00000289. The van der Waals surface area contributed by atoms with Gasteiger partial charge in [0.1, 0.15) is 0 Å². The summed E-state index contributed by atoms with van der Waals surface area (Å²) in [4.78, 5) is 13.7. The second-order valence-electron chi connectivity index (χ2n) is 4.32. The van der Waals surface area contributed by atoms with E-state index in [0.717, 1.165) is 5.56 Å². The summed E-state index contributed by atoms with van der Waals surface area (Å²) in [5.74, 6) is -0.0957. The molecular weight excluding hydrogens is 271 g/mol. The van der Waals surface area contributed by atoms with Gasteiger partial charge in [0.15, 0.2) is 0 Å². The highest BCUT2D eigenvalue weighted by Gasteiger charge is 2.21. The van der Waals surface area contributed by atoms with Crippen LogP contribution in [0.1, 0.15) is 25.5 Å². The van der Waals surface area contributed by atoms with E-state index in [1.165, 1.54) is 0 Å². The summed E-state index contributed by atoms with van der Waals surface area (Å²) in [6, 6.07) is 7.55. The van der Waals surface area contributed by atoms with Crippen LogP contribution in [0, 0.1) is 5.92 Å². The summed E-state index contributed by atoms with van der Waals surface area (Å²) in [5.41, 5.74) is 6.53. The van der Waals surface area contributed by atoms with E-state index in [9.17, 15) is 4.79 Å². The number of rotatable bonds is 4. The summed E-state index contributed by atoms with van der Waals surface area (Å²) in [7, 11) is 1.79. The predicted molar refractivity (Wildman–Crippen MR) is 78.1 cm³/mol. The van der Waals surface area contributed by atoms with Gasteiger partial charge in [0.05, 0.1) is 6.04 Å². The van der Waals surface area contributed by atoms with Crippen LogP contribution in [0.3, 0.4) is 0 Å². The molecule has 0 heterocycles. The maximum absolute atomic E-state index is 12.0. The van der Waals surface area contributed by atoms with E-state index in [4.69, 9.17) is 17.3 Å². The SMILES string of the molecule is CC(CN)C(=O)N(C)C(C)c1cccc(Cl)c1.Cl. The van der Waals surface area contributed by atoms with E-state index < -0.39 is 0 Å². The first-order valence-electron chi connectivity index (χ1n) is 5.69. The number of benzene rings is 1. The van der Waals surface area contributed by atoms with Crippen LogP contribution in [0.25, 0.3) is 0 Å². The first-order chi connectivity index (χ1) is 7.97. The minimum absolute atomic E-state index is 0. The Labute approximate surface area is 120 Å². The molecule has 0 spiro atoms. The minimum atomic E-state index is -0.151. The van der Waals surface area contributed by atoms with Crippen molar-refractivity contribution < 1.29 is 4.79 Å². The topological polar surface area (TPSA) is 46.3 Å². The molecule has 0 radical (unpaired) electrons. The summed E-state index contributed by atoms with van der Waals surface area (Å²) >= 11 is 5.94. The van der Waals surface area contributed by atoms with Gasteiger partial charge >= 0.3 is 0 Å². The molecular formula is C13H20Cl2N2O. The molecule has 1 amide bonds. The summed E-state index contributed by atoms with van der Waals surface area (Å²) < 4.78 is 0. The van der Waals surface area contributed by atoms with Gasteiger partial charge in [-0.25, -0.2) is 0 Å². The largest absolute Gasteiger partial charge is 0.339 e. The molecule has 5 heteroatoms. The molecule has 0 aromatic heterocycles. The van der Waals surface area contributed by atoms with E-state index >= 15 is 0 Å². The maximum Gasteiger partial charge on any atom is 0.226 e. The number of hydrogen-bond acceptors (Lipinski definition) is 2. The summed E-state index contributed by atoms with van der Waals surface area (Å²) in [6.07, 6.45) is 0. The smallest absolute Gasteiger partial charge is 0.226 e. The third kappa shape index (κ3) is 4.16. The molecule has 0 aliphatic heterocycles. The Morgan fingerprint density at radius 2 is 2.06 bits per heavy atom. The van der Waals surface area contributed by atoms with Gasteiger partial charge in [-0.15, -0.1) is 12.4 Å². The lowest BCUT2D eigenvalue weighted by Crippen LogP contribution is -2.36. The fraction of sp³-hybridized carbons (Fsp3) is 0.462. The molecule has 18 heavy (non-hydrogen) atoms. The van der Waals surface area contributed by atoms with Crippen molar-refractivity contribution in [1.82, 2.24) is 4.90 Å². The zero-order valence-electron chi connectivity index (χ0n) is 10.9. The lowest BCUT2D eigenvalue weighted by Gasteiger charge is -2.27. The number of halogens is 2. The second-order valence-corrected chi connectivity index (χ2v) is 4.75. The molecule has 2 unspecified atom stereocenters. The molecule has 0 aliphatic carbocycles. The van der Waals surface area contributed by atoms with Crippen molar-refractivity contribution in [3.05, 3.63) is 34.9 Å². The Morgan fingerprint density at radius 3 is 2.56 bits per heavy atom. The standard InChI is InChI=1S/C13H19ClN2O.ClH/c1-9(8-15)13(17)16(3)10(2)11-5-4-6-12(14)7-11;/h4-7,9-10H,8,15H2,1-3H3;1H. The zero-order valence-corrected chi connectivity index (χ0v) is 12.5. The van der Waals surface area contributed by atoms with Crippen molar-refractivity contribution in [3.8, 4) is 0 Å². The van der Waals surface area contributed by atoms with Crippen molar-refractivity contribution in [3.63, 3.8) is 0 Å². The minimum Gasteiger partial charge on any atom is -0.339 e. The maximum atomic E-state index is 12.0. The van der Waals surface area contributed by atoms with E-state index in [0.29, 0.717) is 11.6 Å². The molecule has 2 N–H and O–H groups in total. The van der Waals surface area contributed by atoms with Crippen LogP contribution in [0.15, 0.2) is 24.3 Å². The summed E-state index contributed by atoms with van der Waals surface area (Å²) in [6.45, 7) is 4.18.